The van der Waals surface area contributed by atoms with Crippen LogP contribution >= 0.6 is 0 Å². The van der Waals surface area contributed by atoms with Gasteiger partial charge >= 0.3 is 0 Å². The molecule has 0 saturated carbocycles. The van der Waals surface area contributed by atoms with E-state index in [1.165, 1.54) is 12.7 Å². The van der Waals surface area contributed by atoms with Crippen LogP contribution in [0.4, 0.5) is 5.69 Å². The van der Waals surface area contributed by atoms with E-state index in [1.54, 1.807) is 6.07 Å². The first kappa shape index (κ1) is 20.1. The number of carbonyl (C=O) groups is 1. The number of methoxy groups -OCH3 is 1. The number of benzene rings is 4. The Morgan fingerprint density at radius 3 is 2.59 bits per heavy atom. The van der Waals surface area contributed by atoms with E-state index in [0.717, 1.165) is 33.2 Å². The number of rotatable bonds is 4. The quantitative estimate of drug-likeness (QED) is 0.442. The first-order valence-electron chi connectivity index (χ1n) is 10.8. The first-order chi connectivity index (χ1) is 15.6. The van der Waals surface area contributed by atoms with Crippen LogP contribution in [0.25, 0.3) is 10.8 Å². The normalized spacial score (nSPS) is 15.6. The van der Waals surface area contributed by atoms with E-state index in [9.17, 15) is 9.90 Å². The lowest BCUT2D eigenvalue weighted by atomic mass is 9.81. The molecule has 1 heterocycles. The highest BCUT2D eigenvalue weighted by Gasteiger charge is 2.34. The molecular weight excluding hydrogens is 398 g/mol. The smallest absolute Gasteiger partial charge is 0.228 e. The third-order valence-corrected chi connectivity index (χ3v) is 6.46. The van der Waals surface area contributed by atoms with Crippen molar-refractivity contribution in [3.05, 3.63) is 101 Å². The molecule has 1 aliphatic rings. The highest BCUT2D eigenvalue weighted by molar-refractivity contribution is 6.03. The molecule has 4 aromatic carbocycles. The number of phenolic OH excluding ortho intramolecular Hbond substituents is 1. The number of amides is 1. The minimum atomic E-state index is -0.119. The molecule has 32 heavy (non-hydrogen) atoms. The summed E-state index contributed by atoms with van der Waals surface area (Å²) in [4.78, 5) is 15.4. The second kappa shape index (κ2) is 8.04. The van der Waals surface area contributed by atoms with Crippen molar-refractivity contribution in [3.8, 4) is 11.5 Å². The molecule has 1 atom stereocenters. The number of fused-ring (bicyclic) bond motifs is 3. The van der Waals surface area contributed by atoms with Gasteiger partial charge in [0.15, 0.2) is 11.5 Å². The van der Waals surface area contributed by atoms with Gasteiger partial charge < -0.3 is 14.7 Å². The standard InChI is InChI=1S/C28H25NO3/c1-18-7-3-4-9-21(18)17-29-24-13-11-19-8-5-6-10-22(19)28(24)23(16-27(29)31)20-12-14-25(30)26(15-20)32-2/h3-15,23,30H,16-17H2,1-2H3. The predicted molar refractivity (Wildman–Crippen MR) is 127 cm³/mol. The first-order valence-corrected chi connectivity index (χ1v) is 10.8. The third kappa shape index (κ3) is 3.38. The molecule has 1 amide bonds. The van der Waals surface area contributed by atoms with E-state index < -0.39 is 0 Å². The molecule has 0 fully saturated rings. The van der Waals surface area contributed by atoms with E-state index >= 15 is 0 Å². The Morgan fingerprint density at radius 2 is 1.78 bits per heavy atom. The van der Waals surface area contributed by atoms with Crippen LogP contribution in [-0.4, -0.2) is 18.1 Å². The summed E-state index contributed by atoms with van der Waals surface area (Å²) in [6.45, 7) is 2.62. The fourth-order valence-electron chi connectivity index (χ4n) is 4.73. The number of hydrogen-bond donors (Lipinski definition) is 1. The summed E-state index contributed by atoms with van der Waals surface area (Å²) < 4.78 is 5.35. The SMILES string of the molecule is COc1cc(C2CC(=O)N(Cc3ccccc3C)c3ccc4ccccc4c32)ccc1O. The molecule has 0 radical (unpaired) electrons. The van der Waals surface area contributed by atoms with Crippen molar-refractivity contribution in [1.29, 1.82) is 0 Å². The highest BCUT2D eigenvalue weighted by Crippen LogP contribution is 2.45. The number of aromatic hydroxyl groups is 1. The molecule has 4 aromatic rings. The fraction of sp³-hybridized carbons (Fsp3) is 0.179. The van der Waals surface area contributed by atoms with Crippen molar-refractivity contribution in [2.75, 3.05) is 12.0 Å². The summed E-state index contributed by atoms with van der Waals surface area (Å²) in [7, 11) is 1.54. The largest absolute Gasteiger partial charge is 0.504 e. The lowest BCUT2D eigenvalue weighted by Crippen LogP contribution is -2.36. The number of carbonyl (C=O) groups excluding carboxylic acids is 1. The summed E-state index contributed by atoms with van der Waals surface area (Å²) >= 11 is 0. The maximum absolute atomic E-state index is 13.5. The Balaban J connectivity index is 1.69. The maximum Gasteiger partial charge on any atom is 0.228 e. The van der Waals surface area contributed by atoms with Gasteiger partial charge in [0.25, 0.3) is 0 Å². The maximum atomic E-state index is 13.5. The number of aryl methyl sites for hydroxylation is 1. The van der Waals surface area contributed by atoms with Gasteiger partial charge in [-0.25, -0.2) is 0 Å². The predicted octanol–water partition coefficient (Wildman–Crippen LogP) is 5.93. The summed E-state index contributed by atoms with van der Waals surface area (Å²) in [6, 6.07) is 26.0. The van der Waals surface area contributed by atoms with Crippen LogP contribution in [-0.2, 0) is 11.3 Å². The zero-order valence-electron chi connectivity index (χ0n) is 18.2. The Morgan fingerprint density at radius 1 is 1.00 bits per heavy atom. The van der Waals surface area contributed by atoms with Gasteiger partial charge in [-0.3, -0.25) is 4.79 Å². The summed E-state index contributed by atoms with van der Waals surface area (Å²) in [5.74, 6) is 0.482. The van der Waals surface area contributed by atoms with Gasteiger partial charge in [-0.15, -0.1) is 0 Å². The Bertz CT molecular complexity index is 1330. The van der Waals surface area contributed by atoms with Gasteiger partial charge in [0.1, 0.15) is 0 Å². The van der Waals surface area contributed by atoms with Crippen molar-refractivity contribution in [2.45, 2.75) is 25.8 Å². The summed E-state index contributed by atoms with van der Waals surface area (Å²) in [6.07, 6.45) is 0.362. The minimum Gasteiger partial charge on any atom is -0.504 e. The van der Waals surface area contributed by atoms with Crippen molar-refractivity contribution in [1.82, 2.24) is 0 Å². The number of phenols is 1. The van der Waals surface area contributed by atoms with Gasteiger partial charge in [0.05, 0.1) is 13.7 Å². The zero-order chi connectivity index (χ0) is 22.2. The zero-order valence-corrected chi connectivity index (χ0v) is 18.2. The van der Waals surface area contributed by atoms with Crippen LogP contribution in [0.2, 0.25) is 0 Å². The molecule has 1 unspecified atom stereocenters. The van der Waals surface area contributed by atoms with E-state index in [1.807, 2.05) is 41.3 Å². The molecular formula is C28H25NO3. The Hall–Kier alpha value is -3.79. The molecule has 5 rings (SSSR count). The number of nitrogens with zero attached hydrogens (tertiary/aromatic N) is 1. The molecule has 0 aromatic heterocycles. The second-order valence-corrected chi connectivity index (χ2v) is 8.31. The van der Waals surface area contributed by atoms with Crippen LogP contribution in [0.1, 0.15) is 34.6 Å². The van der Waals surface area contributed by atoms with Crippen LogP contribution in [0.3, 0.4) is 0 Å². The van der Waals surface area contributed by atoms with E-state index in [-0.39, 0.29) is 17.6 Å². The monoisotopic (exact) mass is 423 g/mol. The number of hydrogen-bond acceptors (Lipinski definition) is 3. The van der Waals surface area contributed by atoms with Crippen LogP contribution in [0, 0.1) is 6.92 Å². The molecule has 0 aliphatic carbocycles. The average molecular weight is 424 g/mol. The van der Waals surface area contributed by atoms with Crippen molar-refractivity contribution in [2.24, 2.45) is 0 Å². The lowest BCUT2D eigenvalue weighted by molar-refractivity contribution is -0.119. The van der Waals surface area contributed by atoms with Crippen LogP contribution < -0.4 is 9.64 Å². The van der Waals surface area contributed by atoms with Gasteiger partial charge in [0.2, 0.25) is 5.91 Å². The van der Waals surface area contributed by atoms with E-state index in [4.69, 9.17) is 4.74 Å². The molecule has 160 valence electrons. The molecule has 0 bridgehead atoms. The second-order valence-electron chi connectivity index (χ2n) is 8.31. The molecule has 1 aliphatic heterocycles. The van der Waals surface area contributed by atoms with E-state index in [0.29, 0.717) is 18.7 Å². The Kier molecular flexibility index (Phi) is 5.06. The molecule has 0 spiro atoms. The van der Waals surface area contributed by atoms with E-state index in [2.05, 4.69) is 43.3 Å². The summed E-state index contributed by atoms with van der Waals surface area (Å²) in [5, 5.41) is 12.4. The molecule has 4 heteroatoms. The number of anilines is 1. The lowest BCUT2D eigenvalue weighted by Gasteiger charge is -2.36. The van der Waals surface area contributed by atoms with Gasteiger partial charge in [0, 0.05) is 18.0 Å². The molecule has 0 saturated heterocycles. The van der Waals surface area contributed by atoms with Crippen LogP contribution in [0.15, 0.2) is 78.9 Å². The molecule has 1 N–H and O–H groups in total. The summed E-state index contributed by atoms with van der Waals surface area (Å²) in [5.41, 5.74) is 5.36. The van der Waals surface area contributed by atoms with Gasteiger partial charge in [-0.1, -0.05) is 60.7 Å². The van der Waals surface area contributed by atoms with Crippen LogP contribution in [0.5, 0.6) is 11.5 Å². The topological polar surface area (TPSA) is 49.8 Å². The van der Waals surface area contributed by atoms with Crippen molar-refractivity contribution in [3.63, 3.8) is 0 Å². The number of ether oxygens (including phenoxy) is 1. The minimum absolute atomic E-state index is 0.0908. The highest BCUT2D eigenvalue weighted by atomic mass is 16.5. The third-order valence-electron chi connectivity index (χ3n) is 6.46. The van der Waals surface area contributed by atoms with Crippen molar-refractivity contribution >= 4 is 22.4 Å². The average Bonchev–Trinajstić information content (AvgIpc) is 2.82. The Labute approximate surface area is 187 Å². The van der Waals surface area contributed by atoms with Gasteiger partial charge in [-0.05, 0) is 58.1 Å². The fourth-order valence-corrected chi connectivity index (χ4v) is 4.73. The van der Waals surface area contributed by atoms with Gasteiger partial charge in [-0.2, -0.15) is 0 Å². The molecule has 4 nitrogen and oxygen atoms in total. The van der Waals surface area contributed by atoms with Crippen molar-refractivity contribution < 1.29 is 14.6 Å².